The zero-order valence-corrected chi connectivity index (χ0v) is 9.63. The highest BCUT2D eigenvalue weighted by atomic mass is 32.1. The lowest BCUT2D eigenvalue weighted by atomic mass is 10.5. The second-order valence-electron chi connectivity index (χ2n) is 2.74. The molecular weight excluding hydrogens is 212 g/mol. The number of hydrogen-bond acceptors (Lipinski definition) is 5. The van der Waals surface area contributed by atoms with Gasteiger partial charge in [-0.25, -0.2) is 9.78 Å². The molecule has 0 amide bonds. The first kappa shape index (κ1) is 11.9. The molecule has 0 fully saturated rings. The van der Waals surface area contributed by atoms with Crippen molar-refractivity contribution in [2.75, 3.05) is 20.2 Å². The number of thiazole rings is 1. The van der Waals surface area contributed by atoms with Crippen LogP contribution in [0.25, 0.3) is 6.08 Å². The molecular formula is C10H14N2O2S. The Morgan fingerprint density at radius 2 is 2.53 bits per heavy atom. The van der Waals surface area contributed by atoms with E-state index in [1.54, 1.807) is 13.1 Å². The van der Waals surface area contributed by atoms with Gasteiger partial charge in [0, 0.05) is 6.54 Å². The van der Waals surface area contributed by atoms with Crippen LogP contribution in [0.1, 0.15) is 21.6 Å². The molecule has 0 spiro atoms. The maximum Gasteiger partial charge on any atom is 0.349 e. The van der Waals surface area contributed by atoms with Crippen molar-refractivity contribution in [3.05, 3.63) is 22.2 Å². The molecule has 0 saturated heterocycles. The minimum atomic E-state index is -0.303. The van der Waals surface area contributed by atoms with Gasteiger partial charge in [0.1, 0.15) is 9.88 Å². The van der Waals surface area contributed by atoms with Crippen LogP contribution in [0.5, 0.6) is 0 Å². The maximum atomic E-state index is 11.3. The number of esters is 1. The number of ether oxygens (including phenoxy) is 1. The van der Waals surface area contributed by atoms with Crippen molar-refractivity contribution in [2.24, 2.45) is 0 Å². The van der Waals surface area contributed by atoms with E-state index in [1.165, 1.54) is 11.3 Å². The highest BCUT2D eigenvalue weighted by molar-refractivity contribution is 7.14. The Kier molecular flexibility index (Phi) is 5.00. The molecule has 0 aliphatic heterocycles. The fourth-order valence-electron chi connectivity index (χ4n) is 0.939. The number of likely N-dealkylation sites (N-methyl/N-ethyl adjacent to an activating group) is 1. The first-order valence-electron chi connectivity index (χ1n) is 4.72. The molecule has 1 N–H and O–H groups in total. The Hall–Kier alpha value is -1.20. The van der Waals surface area contributed by atoms with E-state index in [4.69, 9.17) is 4.74 Å². The summed E-state index contributed by atoms with van der Waals surface area (Å²) < 4.78 is 4.86. The zero-order chi connectivity index (χ0) is 11.1. The fraction of sp³-hybridized carbons (Fsp3) is 0.400. The quantitative estimate of drug-likeness (QED) is 0.774. The monoisotopic (exact) mass is 226 g/mol. The standard InChI is InChI=1S/C10H14N2O2S/c1-3-14-10(13)8-7-12-9(15-8)5-4-6-11-2/h4-5,7,11H,3,6H2,1-2H3. The number of nitrogens with zero attached hydrogens (tertiary/aromatic N) is 1. The average molecular weight is 226 g/mol. The summed E-state index contributed by atoms with van der Waals surface area (Å²) >= 11 is 1.33. The zero-order valence-electron chi connectivity index (χ0n) is 8.82. The molecule has 0 unspecified atom stereocenters. The van der Waals surface area contributed by atoms with Gasteiger partial charge in [-0.3, -0.25) is 0 Å². The molecule has 82 valence electrons. The second kappa shape index (κ2) is 6.31. The summed E-state index contributed by atoms with van der Waals surface area (Å²) in [5, 5.41) is 3.80. The van der Waals surface area contributed by atoms with Gasteiger partial charge in [-0.1, -0.05) is 6.08 Å². The number of nitrogens with one attached hydrogen (secondary N) is 1. The van der Waals surface area contributed by atoms with Crippen molar-refractivity contribution < 1.29 is 9.53 Å². The number of carbonyl (C=O) groups excluding carboxylic acids is 1. The molecule has 0 aliphatic carbocycles. The fourth-order valence-corrected chi connectivity index (χ4v) is 1.68. The molecule has 0 bridgehead atoms. The predicted molar refractivity (Wildman–Crippen MR) is 61.0 cm³/mol. The summed E-state index contributed by atoms with van der Waals surface area (Å²) in [6.45, 7) is 2.96. The van der Waals surface area contributed by atoms with Gasteiger partial charge in [0.25, 0.3) is 0 Å². The Bertz CT molecular complexity index is 347. The van der Waals surface area contributed by atoms with Crippen LogP contribution < -0.4 is 5.32 Å². The van der Waals surface area contributed by atoms with Crippen LogP contribution in [0, 0.1) is 0 Å². The average Bonchev–Trinajstić information content (AvgIpc) is 2.67. The molecule has 0 aromatic carbocycles. The highest BCUT2D eigenvalue weighted by Gasteiger charge is 2.09. The minimum Gasteiger partial charge on any atom is -0.462 e. The summed E-state index contributed by atoms with van der Waals surface area (Å²) in [4.78, 5) is 15.9. The van der Waals surface area contributed by atoms with E-state index in [0.29, 0.717) is 11.5 Å². The topological polar surface area (TPSA) is 51.2 Å². The lowest BCUT2D eigenvalue weighted by molar-refractivity contribution is 0.0532. The van der Waals surface area contributed by atoms with Crippen LogP contribution in [-0.4, -0.2) is 31.2 Å². The van der Waals surface area contributed by atoms with Gasteiger partial charge >= 0.3 is 5.97 Å². The summed E-state index contributed by atoms with van der Waals surface area (Å²) in [5.74, 6) is -0.303. The van der Waals surface area contributed by atoms with Gasteiger partial charge in [0.15, 0.2) is 0 Å². The van der Waals surface area contributed by atoms with Gasteiger partial charge in [-0.15, -0.1) is 11.3 Å². The van der Waals surface area contributed by atoms with Crippen molar-refractivity contribution in [1.29, 1.82) is 0 Å². The van der Waals surface area contributed by atoms with Crippen molar-refractivity contribution in [3.8, 4) is 0 Å². The van der Waals surface area contributed by atoms with Crippen LogP contribution in [0.4, 0.5) is 0 Å². The van der Waals surface area contributed by atoms with Crippen LogP contribution in [0.15, 0.2) is 12.3 Å². The van der Waals surface area contributed by atoms with Crippen LogP contribution >= 0.6 is 11.3 Å². The number of hydrogen-bond donors (Lipinski definition) is 1. The Morgan fingerprint density at radius 1 is 1.73 bits per heavy atom. The lowest BCUT2D eigenvalue weighted by Gasteiger charge is -1.95. The summed E-state index contributed by atoms with van der Waals surface area (Å²) in [6, 6.07) is 0. The first-order valence-corrected chi connectivity index (χ1v) is 5.53. The highest BCUT2D eigenvalue weighted by Crippen LogP contribution is 2.15. The van der Waals surface area contributed by atoms with Crippen molar-refractivity contribution in [3.63, 3.8) is 0 Å². The van der Waals surface area contributed by atoms with Gasteiger partial charge in [-0.2, -0.15) is 0 Å². The third kappa shape index (κ3) is 3.81. The van der Waals surface area contributed by atoms with E-state index in [9.17, 15) is 4.79 Å². The van der Waals surface area contributed by atoms with E-state index < -0.39 is 0 Å². The minimum absolute atomic E-state index is 0.303. The molecule has 15 heavy (non-hydrogen) atoms. The molecule has 5 heteroatoms. The molecule has 1 aromatic rings. The van der Waals surface area contributed by atoms with E-state index in [2.05, 4.69) is 10.3 Å². The smallest absolute Gasteiger partial charge is 0.349 e. The van der Waals surface area contributed by atoms with Gasteiger partial charge in [-0.05, 0) is 20.0 Å². The van der Waals surface area contributed by atoms with Crippen LogP contribution in [0.2, 0.25) is 0 Å². The first-order chi connectivity index (χ1) is 7.27. The molecule has 0 saturated carbocycles. The summed E-state index contributed by atoms with van der Waals surface area (Å²) in [7, 11) is 1.87. The largest absolute Gasteiger partial charge is 0.462 e. The van der Waals surface area contributed by atoms with E-state index >= 15 is 0 Å². The number of rotatable bonds is 5. The van der Waals surface area contributed by atoms with Gasteiger partial charge in [0.2, 0.25) is 0 Å². The van der Waals surface area contributed by atoms with Crippen molar-refractivity contribution in [1.82, 2.24) is 10.3 Å². The van der Waals surface area contributed by atoms with Crippen molar-refractivity contribution >= 4 is 23.4 Å². The van der Waals surface area contributed by atoms with E-state index in [0.717, 1.165) is 11.6 Å². The molecule has 1 rings (SSSR count). The number of carbonyl (C=O) groups is 1. The maximum absolute atomic E-state index is 11.3. The van der Waals surface area contributed by atoms with Crippen molar-refractivity contribution in [2.45, 2.75) is 6.92 Å². The molecule has 4 nitrogen and oxygen atoms in total. The normalized spacial score (nSPS) is 10.8. The van der Waals surface area contributed by atoms with E-state index in [1.807, 2.05) is 19.2 Å². The Morgan fingerprint density at radius 3 is 3.20 bits per heavy atom. The Balaban J connectivity index is 2.59. The summed E-state index contributed by atoms with van der Waals surface area (Å²) in [5.41, 5.74) is 0. The van der Waals surface area contributed by atoms with E-state index in [-0.39, 0.29) is 5.97 Å². The molecule has 0 atom stereocenters. The molecule has 1 aromatic heterocycles. The summed E-state index contributed by atoms with van der Waals surface area (Å²) in [6.07, 6.45) is 5.37. The third-order valence-corrected chi connectivity index (χ3v) is 2.53. The van der Waals surface area contributed by atoms with Crippen LogP contribution in [0.3, 0.4) is 0 Å². The van der Waals surface area contributed by atoms with Crippen LogP contribution in [-0.2, 0) is 4.74 Å². The van der Waals surface area contributed by atoms with Gasteiger partial charge in [0.05, 0.1) is 12.8 Å². The number of aromatic nitrogens is 1. The lowest BCUT2D eigenvalue weighted by Crippen LogP contribution is -2.03. The molecule has 0 radical (unpaired) electrons. The Labute approximate surface area is 93.0 Å². The predicted octanol–water partition coefficient (Wildman–Crippen LogP) is 1.55. The molecule has 0 aliphatic rings. The molecule has 1 heterocycles. The SMILES string of the molecule is CCOC(=O)c1cnc(C=CCNC)s1. The van der Waals surface area contributed by atoms with Gasteiger partial charge < -0.3 is 10.1 Å². The third-order valence-electron chi connectivity index (χ3n) is 1.58. The second-order valence-corrected chi connectivity index (χ2v) is 3.81.